The van der Waals surface area contributed by atoms with E-state index in [9.17, 15) is 8.42 Å². The average Bonchev–Trinajstić information content (AvgIpc) is 2.89. The molecular weight excluding hydrogens is 518 g/mol. The number of hydrogen-bond acceptors (Lipinski definition) is 5. The Hall–Kier alpha value is -2.35. The second kappa shape index (κ2) is 12.2. The highest BCUT2D eigenvalue weighted by Gasteiger charge is 2.30. The lowest BCUT2D eigenvalue weighted by atomic mass is 9.82. The Kier molecular flexibility index (Phi) is 9.22. The Labute approximate surface area is 232 Å². The first-order chi connectivity index (χ1) is 18.1. The smallest absolute Gasteiger partial charge is 0.244 e. The van der Waals surface area contributed by atoms with E-state index in [4.69, 9.17) is 16.3 Å². The van der Waals surface area contributed by atoms with Crippen LogP contribution in [0.3, 0.4) is 0 Å². The number of fused-ring (bicyclic) bond motifs is 1. The van der Waals surface area contributed by atoms with Crippen molar-refractivity contribution in [2.75, 3.05) is 11.9 Å². The van der Waals surface area contributed by atoms with Crippen LogP contribution in [0.25, 0.3) is 10.9 Å². The molecule has 3 aromatic rings. The minimum absolute atomic E-state index is 0.114. The molecule has 1 saturated carbocycles. The van der Waals surface area contributed by atoms with Gasteiger partial charge >= 0.3 is 0 Å². The summed E-state index contributed by atoms with van der Waals surface area (Å²) in [6, 6.07) is 13.5. The Morgan fingerprint density at radius 3 is 2.47 bits per heavy atom. The maximum Gasteiger partial charge on any atom is 0.244 e. The topological polar surface area (TPSA) is 80.3 Å². The van der Waals surface area contributed by atoms with Crippen LogP contribution in [-0.2, 0) is 15.4 Å². The molecule has 1 fully saturated rings. The summed E-state index contributed by atoms with van der Waals surface area (Å²) in [4.78, 5) is 4.67. The van der Waals surface area contributed by atoms with Gasteiger partial charge in [0, 0.05) is 34.4 Å². The predicted octanol–water partition coefficient (Wildman–Crippen LogP) is 7.46. The van der Waals surface area contributed by atoms with Crippen molar-refractivity contribution in [2.24, 2.45) is 0 Å². The third-order valence-electron chi connectivity index (χ3n) is 7.77. The third-order valence-corrected chi connectivity index (χ3v) is 9.54. The van der Waals surface area contributed by atoms with E-state index in [1.54, 1.807) is 12.3 Å². The molecule has 0 saturated heterocycles. The van der Waals surface area contributed by atoms with Crippen molar-refractivity contribution in [3.63, 3.8) is 0 Å². The first kappa shape index (κ1) is 28.7. The molecule has 38 heavy (non-hydrogen) atoms. The highest BCUT2D eigenvalue weighted by atomic mass is 35.5. The summed E-state index contributed by atoms with van der Waals surface area (Å²) < 4.78 is 36.2. The zero-order valence-corrected chi connectivity index (χ0v) is 24.5. The fourth-order valence-electron chi connectivity index (χ4n) is 4.89. The van der Waals surface area contributed by atoms with Gasteiger partial charge in [0.05, 0.1) is 12.1 Å². The van der Waals surface area contributed by atoms with Gasteiger partial charge in [0.1, 0.15) is 10.6 Å². The zero-order valence-electron chi connectivity index (χ0n) is 22.9. The normalized spacial score (nSPS) is 18.4. The first-order valence-electron chi connectivity index (χ1n) is 13.7. The maximum absolute atomic E-state index is 13.6. The van der Waals surface area contributed by atoms with E-state index in [0.29, 0.717) is 17.4 Å². The number of ether oxygens (including phenoxy) is 1. The molecule has 1 aromatic heterocycles. The molecule has 0 spiro atoms. The molecule has 1 heterocycles. The van der Waals surface area contributed by atoms with E-state index in [0.717, 1.165) is 67.1 Å². The van der Waals surface area contributed by atoms with Crippen LogP contribution >= 0.6 is 11.6 Å². The number of halogens is 1. The Bertz CT molecular complexity index is 1350. The Morgan fingerprint density at radius 2 is 1.76 bits per heavy atom. The van der Waals surface area contributed by atoms with Crippen molar-refractivity contribution < 1.29 is 13.2 Å². The largest absolute Gasteiger partial charge is 0.492 e. The number of unbranched alkanes of at least 4 members (excludes halogenated alkanes) is 1. The van der Waals surface area contributed by atoms with Crippen molar-refractivity contribution in [3.8, 4) is 5.75 Å². The van der Waals surface area contributed by atoms with Crippen LogP contribution < -0.4 is 14.8 Å². The summed E-state index contributed by atoms with van der Waals surface area (Å²) in [6.07, 6.45) is 7.83. The molecule has 0 radical (unpaired) electrons. The van der Waals surface area contributed by atoms with Crippen LogP contribution in [0.2, 0.25) is 5.02 Å². The van der Waals surface area contributed by atoms with Gasteiger partial charge < -0.3 is 10.1 Å². The predicted molar refractivity (Wildman–Crippen MR) is 157 cm³/mol. The van der Waals surface area contributed by atoms with E-state index in [1.807, 2.05) is 36.4 Å². The van der Waals surface area contributed by atoms with Gasteiger partial charge in [-0.3, -0.25) is 4.98 Å². The summed E-state index contributed by atoms with van der Waals surface area (Å²) in [5, 5.41) is 5.34. The summed E-state index contributed by atoms with van der Waals surface area (Å²) in [7, 11) is -3.74. The standard InChI is InChI=1S/C30H40ClN3O3S/c1-5-7-18-37-28-15-8-21(30(3,4)6-2)19-29(28)38(35,36)34-24-12-10-23(11-13-24)33-26-16-17-32-27-20-22(31)9-14-25(26)27/h8-9,14-17,19-20,23-24,34H,5-7,10-13,18H2,1-4H3,(H,32,33)/t23-,24+. The quantitative estimate of drug-likeness (QED) is 0.239. The lowest BCUT2D eigenvalue weighted by Crippen LogP contribution is -2.40. The van der Waals surface area contributed by atoms with Gasteiger partial charge in [-0.1, -0.05) is 51.8 Å². The fourth-order valence-corrected chi connectivity index (χ4v) is 6.54. The molecule has 4 rings (SSSR count). The van der Waals surface area contributed by atoms with Gasteiger partial charge in [-0.05, 0) is 85.9 Å². The van der Waals surface area contributed by atoms with Gasteiger partial charge in [-0.2, -0.15) is 0 Å². The minimum Gasteiger partial charge on any atom is -0.492 e. The fraction of sp³-hybridized carbons (Fsp3) is 0.500. The molecule has 6 nitrogen and oxygen atoms in total. The molecule has 8 heteroatoms. The van der Waals surface area contributed by atoms with E-state index in [-0.39, 0.29) is 22.4 Å². The van der Waals surface area contributed by atoms with E-state index < -0.39 is 10.0 Å². The number of anilines is 1. The first-order valence-corrected chi connectivity index (χ1v) is 15.6. The molecule has 0 unspecified atom stereocenters. The van der Waals surface area contributed by atoms with Crippen molar-refractivity contribution >= 4 is 38.2 Å². The minimum atomic E-state index is -3.74. The molecule has 206 valence electrons. The average molecular weight is 558 g/mol. The monoisotopic (exact) mass is 557 g/mol. The number of pyridine rings is 1. The van der Waals surface area contributed by atoms with Gasteiger partial charge in [0.15, 0.2) is 0 Å². The molecule has 2 N–H and O–H groups in total. The van der Waals surface area contributed by atoms with Crippen LogP contribution in [0.15, 0.2) is 53.6 Å². The number of sulfonamides is 1. The lowest BCUT2D eigenvalue weighted by Gasteiger charge is -2.31. The molecule has 1 aliphatic carbocycles. The van der Waals surface area contributed by atoms with Crippen LogP contribution in [0.4, 0.5) is 5.69 Å². The summed E-state index contributed by atoms with van der Waals surface area (Å²) in [6.45, 7) is 8.99. The van der Waals surface area contributed by atoms with Crippen LogP contribution in [-0.4, -0.2) is 32.1 Å². The van der Waals surface area contributed by atoms with E-state index in [1.165, 1.54) is 0 Å². The summed E-state index contributed by atoms with van der Waals surface area (Å²) in [5.41, 5.74) is 2.76. The zero-order chi connectivity index (χ0) is 27.3. The lowest BCUT2D eigenvalue weighted by molar-refractivity contribution is 0.300. The van der Waals surface area contributed by atoms with Crippen molar-refractivity contribution in [1.29, 1.82) is 0 Å². The van der Waals surface area contributed by atoms with Crippen LogP contribution in [0, 0.1) is 0 Å². The molecule has 2 aromatic carbocycles. The molecule has 0 bridgehead atoms. The number of nitrogens with zero attached hydrogens (tertiary/aromatic N) is 1. The number of rotatable bonds is 11. The Balaban J connectivity index is 1.45. The van der Waals surface area contributed by atoms with E-state index >= 15 is 0 Å². The van der Waals surface area contributed by atoms with Gasteiger partial charge in [0.2, 0.25) is 10.0 Å². The second-order valence-corrected chi connectivity index (χ2v) is 13.1. The van der Waals surface area contributed by atoms with Crippen LogP contribution in [0.5, 0.6) is 5.75 Å². The molecule has 0 amide bonds. The maximum atomic E-state index is 13.6. The Morgan fingerprint density at radius 1 is 1.03 bits per heavy atom. The van der Waals surface area contributed by atoms with Crippen LogP contribution in [0.1, 0.15) is 78.2 Å². The number of benzene rings is 2. The third kappa shape index (κ3) is 6.80. The second-order valence-electron chi connectivity index (χ2n) is 10.9. The highest BCUT2D eigenvalue weighted by molar-refractivity contribution is 7.89. The van der Waals surface area contributed by atoms with Crippen molar-refractivity contribution in [1.82, 2.24) is 9.71 Å². The van der Waals surface area contributed by atoms with Gasteiger partial charge in [-0.25, -0.2) is 13.1 Å². The van der Waals surface area contributed by atoms with Crippen molar-refractivity contribution in [3.05, 3.63) is 59.2 Å². The summed E-state index contributed by atoms with van der Waals surface area (Å²) >= 11 is 6.13. The molecule has 0 atom stereocenters. The summed E-state index contributed by atoms with van der Waals surface area (Å²) in [5.74, 6) is 0.432. The highest BCUT2D eigenvalue weighted by Crippen LogP contribution is 2.34. The van der Waals surface area contributed by atoms with Gasteiger partial charge in [0.25, 0.3) is 0 Å². The number of aromatic nitrogens is 1. The van der Waals surface area contributed by atoms with Crippen molar-refractivity contribution in [2.45, 2.75) is 95.0 Å². The molecule has 1 aliphatic rings. The number of nitrogens with one attached hydrogen (secondary N) is 2. The number of hydrogen-bond donors (Lipinski definition) is 2. The van der Waals surface area contributed by atoms with E-state index in [2.05, 4.69) is 42.7 Å². The molecular formula is C30H40ClN3O3S. The molecule has 0 aliphatic heterocycles. The SMILES string of the molecule is CCCCOc1ccc(C(C)(C)CC)cc1S(=O)(=O)N[C@H]1CC[C@@H](Nc2ccnc3cc(Cl)ccc23)CC1. The van der Waals surface area contributed by atoms with Gasteiger partial charge in [-0.15, -0.1) is 0 Å².